The van der Waals surface area contributed by atoms with Gasteiger partial charge in [0.25, 0.3) is 5.69 Å². The molecule has 0 aliphatic heterocycles. The lowest BCUT2D eigenvalue weighted by molar-refractivity contribution is -0.384. The molecule has 0 heterocycles. The number of nitro groups is 1. The lowest BCUT2D eigenvalue weighted by atomic mass is 10.2. The minimum Gasteiger partial charge on any atom is -0.369 e. The van der Waals surface area contributed by atoms with Gasteiger partial charge in [-0.25, -0.2) is 0 Å². The van der Waals surface area contributed by atoms with E-state index in [-0.39, 0.29) is 10.6 Å². The van der Waals surface area contributed by atoms with Crippen LogP contribution in [-0.4, -0.2) is 24.4 Å². The summed E-state index contributed by atoms with van der Waals surface area (Å²) in [5.41, 5.74) is 0.713. The Labute approximate surface area is 107 Å². The molecule has 0 aliphatic carbocycles. The van der Waals surface area contributed by atoms with Gasteiger partial charge in [0.05, 0.1) is 4.92 Å². The van der Waals surface area contributed by atoms with E-state index < -0.39 is 0 Å². The molecule has 16 heavy (non-hydrogen) atoms. The largest absolute Gasteiger partial charge is 0.369 e. The first kappa shape index (κ1) is 13.3. The number of hydrogen-bond donors (Lipinski definition) is 0. The van der Waals surface area contributed by atoms with Gasteiger partial charge in [-0.3, -0.25) is 10.1 Å². The summed E-state index contributed by atoms with van der Waals surface area (Å²) in [5, 5.41) is 10.8. The fourth-order valence-electron chi connectivity index (χ4n) is 1.37. The molecule has 0 atom stereocenters. The highest BCUT2D eigenvalue weighted by Crippen LogP contribution is 2.30. The molecule has 0 amide bonds. The van der Waals surface area contributed by atoms with Crippen molar-refractivity contribution in [1.29, 1.82) is 0 Å². The molecule has 4 nitrogen and oxygen atoms in total. The average Bonchev–Trinajstić information content (AvgIpc) is 2.25. The summed E-state index contributed by atoms with van der Waals surface area (Å²) in [7, 11) is 1.82. The zero-order valence-electron chi connectivity index (χ0n) is 8.82. The van der Waals surface area contributed by atoms with E-state index in [0.29, 0.717) is 18.1 Å². The zero-order chi connectivity index (χ0) is 12.1. The molecule has 0 bridgehead atoms. The second kappa shape index (κ2) is 6.06. The van der Waals surface area contributed by atoms with Crippen LogP contribution >= 0.6 is 27.5 Å². The third-order valence-corrected chi connectivity index (χ3v) is 2.93. The molecule has 1 aromatic rings. The Balaban J connectivity index is 2.99. The summed E-state index contributed by atoms with van der Waals surface area (Å²) in [6, 6.07) is 4.90. The predicted molar refractivity (Wildman–Crippen MR) is 69.4 cm³/mol. The van der Waals surface area contributed by atoms with Crippen LogP contribution in [-0.2, 0) is 0 Å². The van der Waals surface area contributed by atoms with Gasteiger partial charge < -0.3 is 4.90 Å². The minimum absolute atomic E-state index is 0.111. The Bertz CT molecular complexity index is 387. The van der Waals surface area contributed by atoms with Crippen LogP contribution in [0.2, 0.25) is 0 Å². The predicted octanol–water partition coefficient (Wildman–Crippen LogP) is 3.42. The van der Waals surface area contributed by atoms with E-state index in [1.807, 2.05) is 11.9 Å². The van der Waals surface area contributed by atoms with E-state index in [9.17, 15) is 10.1 Å². The molecule has 88 valence electrons. The Hall–Kier alpha value is -0.810. The van der Waals surface area contributed by atoms with Crippen molar-refractivity contribution in [3.05, 3.63) is 32.8 Å². The molecule has 1 rings (SSSR count). The normalized spacial score (nSPS) is 10.2. The van der Waals surface area contributed by atoms with Gasteiger partial charge in [-0.15, -0.1) is 11.6 Å². The molecule has 0 aromatic heterocycles. The lowest BCUT2D eigenvalue weighted by Crippen LogP contribution is -2.19. The van der Waals surface area contributed by atoms with Gasteiger partial charge in [0.2, 0.25) is 0 Å². The number of benzene rings is 1. The maximum absolute atomic E-state index is 10.8. The van der Waals surface area contributed by atoms with Crippen molar-refractivity contribution in [3.8, 4) is 0 Å². The van der Waals surface area contributed by atoms with E-state index in [0.717, 1.165) is 10.9 Å². The Morgan fingerprint density at radius 2 is 2.25 bits per heavy atom. The topological polar surface area (TPSA) is 46.4 Å². The molecular weight excluding hydrogens is 295 g/mol. The molecule has 0 unspecified atom stereocenters. The van der Waals surface area contributed by atoms with E-state index in [2.05, 4.69) is 15.9 Å². The van der Waals surface area contributed by atoms with E-state index in [4.69, 9.17) is 11.6 Å². The Morgan fingerprint density at radius 1 is 1.56 bits per heavy atom. The van der Waals surface area contributed by atoms with Crippen molar-refractivity contribution in [1.82, 2.24) is 0 Å². The van der Waals surface area contributed by atoms with Crippen molar-refractivity contribution >= 4 is 38.9 Å². The molecule has 0 N–H and O–H groups in total. The first-order chi connectivity index (χ1) is 7.56. The van der Waals surface area contributed by atoms with Crippen molar-refractivity contribution in [2.75, 3.05) is 24.4 Å². The lowest BCUT2D eigenvalue weighted by Gasteiger charge is -2.18. The summed E-state index contributed by atoms with van der Waals surface area (Å²) in [6.07, 6.45) is 0.793. The molecule has 6 heteroatoms. The summed E-state index contributed by atoms with van der Waals surface area (Å²) >= 11 is 8.90. The SMILES string of the molecule is CN(CCCCl)c1cc(Br)ccc1[N+](=O)[O-]. The van der Waals surface area contributed by atoms with Gasteiger partial charge in [-0.05, 0) is 18.6 Å². The minimum atomic E-state index is -0.376. The maximum atomic E-state index is 10.8. The number of halogens is 2. The van der Waals surface area contributed by atoms with Crippen LogP contribution in [0.15, 0.2) is 22.7 Å². The van der Waals surface area contributed by atoms with Gasteiger partial charge in [0.15, 0.2) is 0 Å². The van der Waals surface area contributed by atoms with Gasteiger partial charge in [-0.1, -0.05) is 15.9 Å². The van der Waals surface area contributed by atoms with Crippen molar-refractivity contribution in [2.24, 2.45) is 0 Å². The molecule has 0 radical (unpaired) electrons. The van der Waals surface area contributed by atoms with Crippen LogP contribution in [0, 0.1) is 10.1 Å². The van der Waals surface area contributed by atoms with Gasteiger partial charge in [0, 0.05) is 30.0 Å². The highest BCUT2D eigenvalue weighted by Gasteiger charge is 2.16. The van der Waals surface area contributed by atoms with Crippen LogP contribution in [0.1, 0.15) is 6.42 Å². The summed E-state index contributed by atoms with van der Waals surface area (Å²) < 4.78 is 0.825. The second-order valence-electron chi connectivity index (χ2n) is 3.35. The first-order valence-electron chi connectivity index (χ1n) is 4.77. The average molecular weight is 308 g/mol. The van der Waals surface area contributed by atoms with E-state index in [1.54, 1.807) is 12.1 Å². The monoisotopic (exact) mass is 306 g/mol. The van der Waals surface area contributed by atoms with Crippen LogP contribution in [0.4, 0.5) is 11.4 Å². The van der Waals surface area contributed by atoms with Crippen molar-refractivity contribution < 1.29 is 4.92 Å². The quantitative estimate of drug-likeness (QED) is 0.476. The number of rotatable bonds is 5. The van der Waals surface area contributed by atoms with Crippen molar-refractivity contribution in [2.45, 2.75) is 6.42 Å². The molecule has 0 saturated carbocycles. The molecule has 0 saturated heterocycles. The molecule has 0 spiro atoms. The molecule has 1 aromatic carbocycles. The zero-order valence-corrected chi connectivity index (χ0v) is 11.2. The van der Waals surface area contributed by atoms with Crippen molar-refractivity contribution in [3.63, 3.8) is 0 Å². The van der Waals surface area contributed by atoms with Gasteiger partial charge in [0.1, 0.15) is 5.69 Å². The van der Waals surface area contributed by atoms with E-state index in [1.165, 1.54) is 6.07 Å². The van der Waals surface area contributed by atoms with E-state index >= 15 is 0 Å². The number of alkyl halides is 1. The van der Waals surface area contributed by atoms with Crippen LogP contribution in [0.3, 0.4) is 0 Å². The molecule has 0 aliphatic rings. The smallest absolute Gasteiger partial charge is 0.292 e. The first-order valence-corrected chi connectivity index (χ1v) is 6.10. The molecular formula is C10H12BrClN2O2. The third-order valence-electron chi connectivity index (χ3n) is 2.17. The highest BCUT2D eigenvalue weighted by molar-refractivity contribution is 9.10. The maximum Gasteiger partial charge on any atom is 0.292 e. The molecule has 0 fully saturated rings. The highest BCUT2D eigenvalue weighted by atomic mass is 79.9. The number of nitrogens with zero attached hydrogens (tertiary/aromatic N) is 2. The number of hydrogen-bond acceptors (Lipinski definition) is 3. The summed E-state index contributed by atoms with van der Waals surface area (Å²) in [4.78, 5) is 12.3. The van der Waals surface area contributed by atoms with Crippen LogP contribution < -0.4 is 4.90 Å². The van der Waals surface area contributed by atoms with Crippen LogP contribution in [0.25, 0.3) is 0 Å². The summed E-state index contributed by atoms with van der Waals surface area (Å²) in [5.74, 6) is 0.548. The second-order valence-corrected chi connectivity index (χ2v) is 4.65. The number of anilines is 1. The third kappa shape index (κ3) is 3.35. The fraction of sp³-hybridized carbons (Fsp3) is 0.400. The Kier molecular flexibility index (Phi) is 5.02. The van der Waals surface area contributed by atoms with Crippen LogP contribution in [0.5, 0.6) is 0 Å². The summed E-state index contributed by atoms with van der Waals surface area (Å²) in [6.45, 7) is 0.695. The fourth-order valence-corrected chi connectivity index (χ4v) is 1.84. The number of nitro benzene ring substituents is 1. The standard InChI is InChI=1S/C10H12BrClN2O2/c1-13(6-2-5-12)10-7-8(11)3-4-9(10)14(15)16/h3-4,7H,2,5-6H2,1H3. The van der Waals surface area contributed by atoms with Gasteiger partial charge >= 0.3 is 0 Å². The Morgan fingerprint density at radius 3 is 2.81 bits per heavy atom. The van der Waals surface area contributed by atoms with Gasteiger partial charge in [-0.2, -0.15) is 0 Å².